The van der Waals surface area contributed by atoms with Crippen LogP contribution in [0.2, 0.25) is 0 Å². The predicted molar refractivity (Wildman–Crippen MR) is 78.4 cm³/mol. The Hall–Kier alpha value is -0.0300. The molecule has 2 saturated carbocycles. The first-order valence-electron chi connectivity index (χ1n) is 7.61. The fourth-order valence-electron chi connectivity index (χ4n) is 3.31. The Balaban J connectivity index is 1.81. The Bertz CT molecular complexity index is 275. The van der Waals surface area contributed by atoms with Crippen LogP contribution in [0.1, 0.15) is 58.3 Å². The van der Waals surface area contributed by atoms with Crippen molar-refractivity contribution >= 4 is 12.0 Å². The van der Waals surface area contributed by atoms with Gasteiger partial charge in [0.15, 0.2) is 0 Å². The van der Waals surface area contributed by atoms with Crippen LogP contribution < -0.4 is 0 Å². The van der Waals surface area contributed by atoms with Crippen molar-refractivity contribution in [1.29, 1.82) is 0 Å². The third kappa shape index (κ3) is 5.10. The maximum atomic E-state index is 8.28. The molecule has 0 heterocycles. The average Bonchev–Trinajstić information content (AvgIpc) is 2.45. The highest BCUT2D eigenvalue weighted by atomic mass is 32.2. The molecule has 0 aromatic carbocycles. The standard InChI is InChI=1S/C15H26O3S/c1-12-6-8-13(9-7-12)10-11-14-4-2-3-5-15(14)19-18-17-16/h10-16H,2-9H2,1H3. The second-order valence-electron chi connectivity index (χ2n) is 6.13. The van der Waals surface area contributed by atoms with Gasteiger partial charge in [-0.1, -0.05) is 49.8 Å². The van der Waals surface area contributed by atoms with E-state index >= 15 is 0 Å². The molecule has 2 rings (SSSR count). The normalized spacial score (nSPS) is 36.7. The van der Waals surface area contributed by atoms with Crippen LogP contribution in [0.5, 0.6) is 0 Å². The Morgan fingerprint density at radius 3 is 2.47 bits per heavy atom. The first-order chi connectivity index (χ1) is 9.29. The SMILES string of the molecule is CC1CCC(C=CC2CCCCC2SOOO)CC1. The summed E-state index contributed by atoms with van der Waals surface area (Å²) in [6, 6.07) is 0. The van der Waals surface area contributed by atoms with Gasteiger partial charge in [-0.05, 0) is 43.4 Å². The van der Waals surface area contributed by atoms with E-state index in [1.807, 2.05) is 0 Å². The average molecular weight is 286 g/mol. The van der Waals surface area contributed by atoms with Crippen LogP contribution in [0, 0.1) is 17.8 Å². The third-order valence-corrected chi connectivity index (χ3v) is 5.61. The van der Waals surface area contributed by atoms with Crippen molar-refractivity contribution in [3.05, 3.63) is 12.2 Å². The van der Waals surface area contributed by atoms with Crippen LogP contribution in [0.25, 0.3) is 0 Å². The molecule has 2 fully saturated rings. The molecule has 0 aromatic rings. The van der Waals surface area contributed by atoms with E-state index < -0.39 is 0 Å². The Morgan fingerprint density at radius 2 is 1.74 bits per heavy atom. The van der Waals surface area contributed by atoms with Crippen molar-refractivity contribution in [2.75, 3.05) is 0 Å². The Morgan fingerprint density at radius 1 is 1.00 bits per heavy atom. The van der Waals surface area contributed by atoms with E-state index in [1.54, 1.807) is 0 Å². The minimum absolute atomic E-state index is 0.416. The summed E-state index contributed by atoms with van der Waals surface area (Å²) in [4.78, 5) is 0. The molecule has 19 heavy (non-hydrogen) atoms. The van der Waals surface area contributed by atoms with Crippen LogP contribution >= 0.6 is 12.0 Å². The highest BCUT2D eigenvalue weighted by Gasteiger charge is 2.25. The summed E-state index contributed by atoms with van der Waals surface area (Å²) < 4.78 is 4.65. The maximum Gasteiger partial charge on any atom is 0.0406 e. The Labute approximate surface area is 120 Å². The van der Waals surface area contributed by atoms with E-state index in [9.17, 15) is 0 Å². The molecule has 0 aromatic heterocycles. The van der Waals surface area contributed by atoms with Gasteiger partial charge in [0.05, 0.1) is 0 Å². The number of allylic oxidation sites excluding steroid dienone is 2. The minimum atomic E-state index is 0.416. The van der Waals surface area contributed by atoms with Gasteiger partial charge in [-0.2, -0.15) is 0 Å². The monoisotopic (exact) mass is 286 g/mol. The van der Waals surface area contributed by atoms with Crippen molar-refractivity contribution < 1.29 is 14.6 Å². The number of hydrogen-bond acceptors (Lipinski definition) is 4. The van der Waals surface area contributed by atoms with Gasteiger partial charge in [-0.15, -0.1) is 4.33 Å². The largest absolute Gasteiger partial charge is 0.220 e. The summed E-state index contributed by atoms with van der Waals surface area (Å²) in [6.07, 6.45) is 15.2. The molecule has 2 unspecified atom stereocenters. The quantitative estimate of drug-likeness (QED) is 0.334. The lowest BCUT2D eigenvalue weighted by Crippen LogP contribution is -2.21. The van der Waals surface area contributed by atoms with Crippen molar-refractivity contribution in [3.63, 3.8) is 0 Å². The van der Waals surface area contributed by atoms with E-state index in [-0.39, 0.29) is 0 Å². The van der Waals surface area contributed by atoms with Gasteiger partial charge in [0.25, 0.3) is 0 Å². The first kappa shape index (κ1) is 15.4. The summed E-state index contributed by atoms with van der Waals surface area (Å²) >= 11 is 1.27. The molecule has 0 bridgehead atoms. The molecule has 3 nitrogen and oxygen atoms in total. The number of hydrogen-bond donors (Lipinski definition) is 1. The van der Waals surface area contributed by atoms with E-state index in [4.69, 9.17) is 5.26 Å². The predicted octanol–water partition coefficient (Wildman–Crippen LogP) is 5.00. The fourth-order valence-corrected chi connectivity index (χ4v) is 4.08. The molecule has 0 spiro atoms. The third-order valence-electron chi connectivity index (χ3n) is 4.64. The molecule has 1 N–H and O–H groups in total. The van der Waals surface area contributed by atoms with Crippen LogP contribution in [0.15, 0.2) is 12.2 Å². The summed E-state index contributed by atoms with van der Waals surface area (Å²) in [6.45, 7) is 2.36. The zero-order valence-electron chi connectivity index (χ0n) is 11.8. The first-order valence-corrected chi connectivity index (χ1v) is 8.42. The zero-order chi connectivity index (χ0) is 13.5. The van der Waals surface area contributed by atoms with Crippen molar-refractivity contribution in [3.8, 4) is 0 Å². The maximum absolute atomic E-state index is 8.28. The van der Waals surface area contributed by atoms with Crippen LogP contribution in [-0.4, -0.2) is 10.5 Å². The van der Waals surface area contributed by atoms with Gasteiger partial charge >= 0.3 is 0 Å². The fraction of sp³-hybridized carbons (Fsp3) is 0.867. The molecular weight excluding hydrogens is 260 g/mol. The topological polar surface area (TPSA) is 38.7 Å². The van der Waals surface area contributed by atoms with Crippen molar-refractivity contribution in [2.45, 2.75) is 63.5 Å². The van der Waals surface area contributed by atoms with Crippen molar-refractivity contribution in [1.82, 2.24) is 0 Å². The summed E-state index contributed by atoms with van der Waals surface area (Å²) in [5.74, 6) is 2.25. The van der Waals surface area contributed by atoms with Crippen molar-refractivity contribution in [2.24, 2.45) is 17.8 Å². The molecule has 2 atom stereocenters. The van der Waals surface area contributed by atoms with Crippen LogP contribution in [0.4, 0.5) is 0 Å². The summed E-state index contributed by atoms with van der Waals surface area (Å²) in [5, 5.41) is 12.4. The molecule has 110 valence electrons. The molecule has 2 aliphatic rings. The van der Waals surface area contributed by atoms with Crippen LogP contribution in [-0.2, 0) is 9.37 Å². The highest BCUT2D eigenvalue weighted by molar-refractivity contribution is 7.95. The van der Waals surface area contributed by atoms with E-state index in [0.717, 1.165) is 18.3 Å². The van der Waals surface area contributed by atoms with Gasteiger partial charge in [-0.25, -0.2) is 5.26 Å². The van der Waals surface area contributed by atoms with E-state index in [2.05, 4.69) is 28.4 Å². The molecule has 0 amide bonds. The van der Waals surface area contributed by atoms with Gasteiger partial charge < -0.3 is 0 Å². The molecule has 0 aliphatic heterocycles. The zero-order valence-corrected chi connectivity index (χ0v) is 12.6. The smallest absolute Gasteiger partial charge is 0.0406 e. The Kier molecular flexibility index (Phi) is 6.71. The summed E-state index contributed by atoms with van der Waals surface area (Å²) in [7, 11) is 0. The number of rotatable bonds is 5. The van der Waals surface area contributed by atoms with Gasteiger partial charge in [0, 0.05) is 17.3 Å². The van der Waals surface area contributed by atoms with Gasteiger partial charge in [-0.3, -0.25) is 0 Å². The lowest BCUT2D eigenvalue weighted by atomic mass is 9.81. The molecule has 0 radical (unpaired) electrons. The molecular formula is C15H26O3S. The lowest BCUT2D eigenvalue weighted by molar-refractivity contribution is -0.432. The van der Waals surface area contributed by atoms with Gasteiger partial charge in [0.1, 0.15) is 0 Å². The van der Waals surface area contributed by atoms with E-state index in [1.165, 1.54) is 57.0 Å². The molecule has 2 aliphatic carbocycles. The van der Waals surface area contributed by atoms with Gasteiger partial charge in [0.2, 0.25) is 0 Å². The molecule has 0 saturated heterocycles. The molecule has 4 heteroatoms. The van der Waals surface area contributed by atoms with Crippen LogP contribution in [0.3, 0.4) is 0 Å². The lowest BCUT2D eigenvalue weighted by Gasteiger charge is -2.28. The summed E-state index contributed by atoms with van der Waals surface area (Å²) in [5.41, 5.74) is 0. The second kappa shape index (κ2) is 8.30. The minimum Gasteiger partial charge on any atom is -0.220 e. The second-order valence-corrected chi connectivity index (χ2v) is 7.06. The highest BCUT2D eigenvalue weighted by Crippen LogP contribution is 2.36. The van der Waals surface area contributed by atoms with E-state index in [0.29, 0.717) is 11.2 Å².